The van der Waals surface area contributed by atoms with Crippen molar-refractivity contribution < 1.29 is 25.8 Å². The van der Waals surface area contributed by atoms with Crippen molar-refractivity contribution in [2.45, 2.75) is 5.51 Å². The SMILES string of the molecule is O=S(=O)(Oc1cc(N(c2ccccc2)c2ccccc2)c2sc3ccc(-c4cccc(N(c5ccccc5)c5ccccc5)c4)cc3c2c1)C(F)(F)F. The zero-order valence-electron chi connectivity index (χ0n) is 27.8. The Hall–Kier alpha value is -6.10. The number of halogens is 3. The Morgan fingerprint density at radius 1 is 0.491 bits per heavy atom. The molecule has 5 nitrogen and oxygen atoms in total. The largest absolute Gasteiger partial charge is 0.534 e. The van der Waals surface area contributed by atoms with Gasteiger partial charge in [-0.25, -0.2) is 0 Å². The highest BCUT2D eigenvalue weighted by atomic mass is 32.2. The molecule has 8 rings (SSSR count). The summed E-state index contributed by atoms with van der Waals surface area (Å²) in [5.41, 5.74) is 1.03. The van der Waals surface area contributed by atoms with Gasteiger partial charge in [0.15, 0.2) is 0 Å². The van der Waals surface area contributed by atoms with Crippen LogP contribution in [0.15, 0.2) is 176 Å². The van der Waals surface area contributed by atoms with Gasteiger partial charge in [-0.3, -0.25) is 0 Å². The lowest BCUT2D eigenvalue weighted by Gasteiger charge is -2.26. The summed E-state index contributed by atoms with van der Waals surface area (Å²) in [6.07, 6.45) is 0. The minimum absolute atomic E-state index is 0.449. The van der Waals surface area contributed by atoms with Crippen molar-refractivity contribution in [3.63, 3.8) is 0 Å². The third-order valence-corrected chi connectivity index (χ3v) is 10.9. The molecule has 0 bridgehead atoms. The number of para-hydroxylation sites is 4. The molecule has 1 heterocycles. The van der Waals surface area contributed by atoms with Crippen molar-refractivity contribution >= 4 is 75.8 Å². The van der Waals surface area contributed by atoms with Crippen molar-refractivity contribution in [2.75, 3.05) is 9.80 Å². The maximum absolute atomic E-state index is 13.6. The number of alkyl halides is 3. The topological polar surface area (TPSA) is 49.9 Å². The normalized spacial score (nSPS) is 11.8. The summed E-state index contributed by atoms with van der Waals surface area (Å²) >= 11 is 1.47. The molecule has 7 aromatic carbocycles. The molecule has 53 heavy (non-hydrogen) atoms. The van der Waals surface area contributed by atoms with Crippen LogP contribution < -0.4 is 14.0 Å². The molecule has 0 N–H and O–H groups in total. The third-order valence-electron chi connectivity index (χ3n) is 8.75. The molecule has 0 aliphatic carbocycles. The van der Waals surface area contributed by atoms with Crippen molar-refractivity contribution in [3.8, 4) is 16.9 Å². The number of thiophene rings is 1. The van der Waals surface area contributed by atoms with Gasteiger partial charge in [0.1, 0.15) is 5.75 Å². The molecule has 0 fully saturated rings. The van der Waals surface area contributed by atoms with E-state index in [1.165, 1.54) is 23.5 Å². The Morgan fingerprint density at radius 3 is 1.51 bits per heavy atom. The van der Waals surface area contributed by atoms with E-state index in [4.69, 9.17) is 4.18 Å². The van der Waals surface area contributed by atoms with Gasteiger partial charge >= 0.3 is 15.6 Å². The Bertz CT molecular complexity index is 2570. The van der Waals surface area contributed by atoms with E-state index in [0.29, 0.717) is 11.1 Å². The number of fused-ring (bicyclic) bond motifs is 3. The van der Waals surface area contributed by atoms with Crippen LogP contribution in [0, 0.1) is 0 Å². The lowest BCUT2D eigenvalue weighted by atomic mass is 10.0. The summed E-state index contributed by atoms with van der Waals surface area (Å²) in [4.78, 5) is 4.05. The lowest BCUT2D eigenvalue weighted by molar-refractivity contribution is -0.0500. The van der Waals surface area contributed by atoms with E-state index in [1.54, 1.807) is 0 Å². The zero-order chi connectivity index (χ0) is 36.6. The fourth-order valence-corrected chi connectivity index (χ4v) is 8.02. The Morgan fingerprint density at radius 2 is 0.981 bits per heavy atom. The number of rotatable bonds is 9. The van der Waals surface area contributed by atoms with Gasteiger partial charge in [-0.2, -0.15) is 21.6 Å². The summed E-state index contributed by atoms with van der Waals surface area (Å²) in [5.74, 6) is -0.449. The van der Waals surface area contributed by atoms with Gasteiger partial charge in [-0.15, -0.1) is 11.3 Å². The van der Waals surface area contributed by atoms with E-state index < -0.39 is 21.4 Å². The maximum Gasteiger partial charge on any atom is 0.534 e. The molecule has 8 aromatic rings. The van der Waals surface area contributed by atoms with Gasteiger partial charge < -0.3 is 14.0 Å². The van der Waals surface area contributed by atoms with E-state index in [2.05, 4.69) is 11.0 Å². The summed E-state index contributed by atoms with van der Waals surface area (Å²) < 4.78 is 72.0. The van der Waals surface area contributed by atoms with Gasteiger partial charge in [-0.1, -0.05) is 91.0 Å². The number of hydrogen-bond acceptors (Lipinski definition) is 6. The van der Waals surface area contributed by atoms with Crippen molar-refractivity contribution in [1.82, 2.24) is 0 Å². The summed E-state index contributed by atoms with van der Waals surface area (Å²) in [6.45, 7) is 0. The van der Waals surface area contributed by atoms with Gasteiger partial charge in [0.2, 0.25) is 0 Å². The average molecular weight is 743 g/mol. The van der Waals surface area contributed by atoms with E-state index in [1.807, 2.05) is 163 Å². The molecule has 1 aromatic heterocycles. The van der Waals surface area contributed by atoms with Gasteiger partial charge in [-0.05, 0) is 90.0 Å². The van der Waals surface area contributed by atoms with Crippen LogP contribution in [0.25, 0.3) is 31.3 Å². The van der Waals surface area contributed by atoms with Crippen LogP contribution >= 0.6 is 11.3 Å². The summed E-state index contributed by atoms with van der Waals surface area (Å²) in [5, 5.41) is 1.30. The Balaban J connectivity index is 1.32. The quantitative estimate of drug-likeness (QED) is 0.109. The van der Waals surface area contributed by atoms with Crippen molar-refractivity contribution in [1.29, 1.82) is 0 Å². The number of nitrogens with zero attached hydrogens (tertiary/aromatic N) is 2. The highest BCUT2D eigenvalue weighted by Crippen LogP contribution is 2.48. The molecule has 0 saturated carbocycles. The molecule has 0 amide bonds. The third kappa shape index (κ3) is 6.70. The standard InChI is InChI=1S/C43H29F3N2O3S2/c44-43(45,46)53(49,50)51-37-28-39-38-27-31(30-14-13-23-36(26-30)47(32-15-5-1-6-16-32)33-17-7-2-8-18-33)24-25-41(38)52-42(39)40(29-37)48(34-19-9-3-10-20-34)35-21-11-4-12-22-35/h1-29H. The van der Waals surface area contributed by atoms with Gasteiger partial charge in [0, 0.05) is 50.0 Å². The average Bonchev–Trinajstić information content (AvgIpc) is 3.54. The molecule has 0 unspecified atom stereocenters. The number of anilines is 6. The van der Waals surface area contributed by atoms with Crippen LogP contribution in [0.1, 0.15) is 0 Å². The Labute approximate surface area is 308 Å². The molecular weight excluding hydrogens is 714 g/mol. The smallest absolute Gasteiger partial charge is 0.376 e. The molecular formula is C43H29F3N2O3S2. The number of benzene rings is 7. The summed E-state index contributed by atoms with van der Waals surface area (Å²) in [7, 11) is -5.96. The molecule has 0 aliphatic heterocycles. The second-order valence-electron chi connectivity index (χ2n) is 12.2. The van der Waals surface area contributed by atoms with E-state index in [-0.39, 0.29) is 0 Å². The molecule has 0 saturated heterocycles. The van der Waals surface area contributed by atoms with Crippen LogP contribution in [-0.4, -0.2) is 13.9 Å². The second kappa shape index (κ2) is 13.8. The van der Waals surface area contributed by atoms with Gasteiger partial charge in [0.05, 0.1) is 10.4 Å². The zero-order valence-corrected chi connectivity index (χ0v) is 29.4. The molecule has 10 heteroatoms. The maximum atomic E-state index is 13.6. The molecule has 262 valence electrons. The first kappa shape index (κ1) is 34.0. The monoisotopic (exact) mass is 742 g/mol. The van der Waals surface area contributed by atoms with Crippen LogP contribution in [0.4, 0.5) is 47.3 Å². The summed E-state index contributed by atoms with van der Waals surface area (Å²) in [6, 6.07) is 55.7. The molecule has 0 spiro atoms. The van der Waals surface area contributed by atoms with Crippen LogP contribution in [-0.2, 0) is 10.1 Å². The van der Waals surface area contributed by atoms with E-state index in [9.17, 15) is 21.6 Å². The predicted molar refractivity (Wildman–Crippen MR) is 210 cm³/mol. The van der Waals surface area contributed by atoms with Gasteiger partial charge in [0.25, 0.3) is 0 Å². The first-order valence-electron chi connectivity index (χ1n) is 16.6. The lowest BCUT2D eigenvalue weighted by Crippen LogP contribution is -2.28. The highest BCUT2D eigenvalue weighted by molar-refractivity contribution is 7.88. The van der Waals surface area contributed by atoms with E-state index in [0.717, 1.165) is 54.3 Å². The molecule has 0 atom stereocenters. The first-order valence-corrected chi connectivity index (χ1v) is 18.8. The van der Waals surface area contributed by atoms with Crippen molar-refractivity contribution in [2.24, 2.45) is 0 Å². The molecule has 0 aliphatic rings. The minimum Gasteiger partial charge on any atom is -0.376 e. The Kier molecular flexibility index (Phi) is 8.85. The van der Waals surface area contributed by atoms with Crippen molar-refractivity contribution in [3.05, 3.63) is 176 Å². The highest BCUT2D eigenvalue weighted by Gasteiger charge is 2.48. The van der Waals surface area contributed by atoms with Crippen LogP contribution in [0.3, 0.4) is 0 Å². The van der Waals surface area contributed by atoms with E-state index >= 15 is 0 Å². The number of hydrogen-bond donors (Lipinski definition) is 0. The van der Waals surface area contributed by atoms with Crippen LogP contribution in [0.2, 0.25) is 0 Å². The van der Waals surface area contributed by atoms with Crippen LogP contribution in [0.5, 0.6) is 5.75 Å². The second-order valence-corrected chi connectivity index (χ2v) is 14.8. The predicted octanol–water partition coefficient (Wildman–Crippen LogP) is 12.9. The minimum atomic E-state index is -5.96. The fourth-order valence-electron chi connectivity index (χ4n) is 6.41. The molecule has 0 radical (unpaired) electrons. The first-order chi connectivity index (χ1) is 25.7. The fraction of sp³-hybridized carbons (Fsp3) is 0.0233.